The van der Waals surface area contributed by atoms with Gasteiger partial charge in [0.25, 0.3) is 0 Å². The third-order valence-electron chi connectivity index (χ3n) is 3.77. The smallest absolute Gasteiger partial charge is 0.234 e. The van der Waals surface area contributed by atoms with Crippen molar-refractivity contribution >= 4 is 67.7 Å². The lowest BCUT2D eigenvalue weighted by atomic mass is 10.1. The van der Waals surface area contributed by atoms with E-state index in [1.54, 1.807) is 24.3 Å². The molecule has 3 aromatic rings. The molecule has 2 aromatic heterocycles. The highest BCUT2D eigenvalue weighted by atomic mass is 35.5. The molecule has 0 aliphatic rings. The number of benzene rings is 1. The average molecular weight is 483 g/mol. The normalized spacial score (nSPS) is 11.3. The number of amides is 1. The summed E-state index contributed by atoms with van der Waals surface area (Å²) in [5.74, 6) is -0.605. The first-order valence-electron chi connectivity index (χ1n) is 8.33. The molecule has 1 amide bonds. The molecule has 0 aliphatic heterocycles. The van der Waals surface area contributed by atoms with E-state index in [1.807, 2.05) is 0 Å². The van der Waals surface area contributed by atoms with Gasteiger partial charge < -0.3 is 11.1 Å². The van der Waals surface area contributed by atoms with Gasteiger partial charge in [0.15, 0.2) is 10.9 Å². The molecule has 0 saturated carbocycles. The number of anilines is 2. The number of halogens is 1. The zero-order valence-electron chi connectivity index (χ0n) is 15.5. The zero-order valence-corrected chi connectivity index (χ0v) is 18.7. The lowest BCUT2D eigenvalue weighted by Gasteiger charge is -2.07. The molecule has 2 heterocycles. The topological polar surface area (TPSA) is 132 Å². The molecule has 8 nitrogen and oxygen atoms in total. The van der Waals surface area contributed by atoms with E-state index in [0.29, 0.717) is 15.6 Å². The van der Waals surface area contributed by atoms with Gasteiger partial charge in [0.1, 0.15) is 14.9 Å². The second kappa shape index (κ2) is 9.13. The number of thiophene rings is 1. The fourth-order valence-corrected chi connectivity index (χ4v) is 5.80. The Labute approximate surface area is 185 Å². The van der Waals surface area contributed by atoms with Crippen LogP contribution in [0.25, 0.3) is 0 Å². The van der Waals surface area contributed by atoms with Crippen LogP contribution in [0.5, 0.6) is 0 Å². The van der Waals surface area contributed by atoms with Crippen LogP contribution in [0.2, 0.25) is 4.34 Å². The summed E-state index contributed by atoms with van der Waals surface area (Å²) in [6.45, 7) is 1.46. The van der Waals surface area contributed by atoms with Gasteiger partial charge in [0.05, 0.1) is 16.3 Å². The number of thioether (sulfide) groups is 1. The zero-order chi connectivity index (χ0) is 21.9. The maximum absolute atomic E-state index is 12.6. The molecular weight excluding hydrogens is 468 g/mol. The number of nitrogen functional groups attached to an aromatic ring is 1. The van der Waals surface area contributed by atoms with Gasteiger partial charge in [-0.2, -0.15) is 0 Å². The van der Waals surface area contributed by atoms with Crippen LogP contribution in [-0.2, 0) is 14.6 Å². The maximum Gasteiger partial charge on any atom is 0.234 e. The number of carbonyl (C=O) groups excluding carboxylic acids is 2. The molecule has 0 fully saturated rings. The molecular formula is C18H15ClN4O4S3. The van der Waals surface area contributed by atoms with Crippen LogP contribution in [0.15, 0.2) is 56.9 Å². The summed E-state index contributed by atoms with van der Waals surface area (Å²) >= 11 is 7.72. The standard InChI is InChI=1S/C18H15ClN4O4S3/c1-10(24)11-2-4-12(5-3-11)22-15(25)9-28-18-21-8-13(17(20)23-18)30(26,27)16-7-6-14(19)29-16/h2-8H,9H2,1H3,(H,22,25)(H2,20,21,23). The third kappa shape index (κ3) is 5.17. The lowest BCUT2D eigenvalue weighted by Crippen LogP contribution is -2.14. The van der Waals surface area contributed by atoms with Crippen LogP contribution in [-0.4, -0.2) is 35.8 Å². The third-order valence-corrected chi connectivity index (χ3v) is 8.13. The number of ketones is 1. The molecule has 0 atom stereocenters. The first-order valence-corrected chi connectivity index (χ1v) is 12.0. The first-order chi connectivity index (χ1) is 14.2. The van der Waals surface area contributed by atoms with Crippen molar-refractivity contribution in [2.75, 3.05) is 16.8 Å². The largest absolute Gasteiger partial charge is 0.382 e. The van der Waals surface area contributed by atoms with Crippen molar-refractivity contribution in [3.8, 4) is 0 Å². The Bertz CT molecular complexity index is 1210. The summed E-state index contributed by atoms with van der Waals surface area (Å²) in [5.41, 5.74) is 6.91. The fraction of sp³-hybridized carbons (Fsp3) is 0.111. The van der Waals surface area contributed by atoms with Gasteiger partial charge in [-0.25, -0.2) is 18.4 Å². The molecule has 0 radical (unpaired) electrons. The molecule has 0 unspecified atom stereocenters. The van der Waals surface area contributed by atoms with Crippen LogP contribution in [0.3, 0.4) is 0 Å². The van der Waals surface area contributed by atoms with Gasteiger partial charge in [-0.15, -0.1) is 11.3 Å². The Morgan fingerprint density at radius 3 is 2.47 bits per heavy atom. The van der Waals surface area contributed by atoms with E-state index in [1.165, 1.54) is 19.1 Å². The molecule has 30 heavy (non-hydrogen) atoms. The number of hydrogen-bond acceptors (Lipinski definition) is 9. The Balaban J connectivity index is 1.64. The number of nitrogens with zero attached hydrogens (tertiary/aromatic N) is 2. The highest BCUT2D eigenvalue weighted by Gasteiger charge is 2.24. The van der Waals surface area contributed by atoms with E-state index >= 15 is 0 Å². The highest BCUT2D eigenvalue weighted by Crippen LogP contribution is 2.32. The molecule has 0 spiro atoms. The van der Waals surface area contributed by atoms with Crippen molar-refractivity contribution in [3.05, 3.63) is 52.5 Å². The van der Waals surface area contributed by atoms with Crippen LogP contribution >= 0.6 is 34.7 Å². The van der Waals surface area contributed by atoms with Gasteiger partial charge in [-0.1, -0.05) is 23.4 Å². The predicted molar refractivity (Wildman–Crippen MR) is 117 cm³/mol. The van der Waals surface area contributed by atoms with Crippen LogP contribution in [0, 0.1) is 0 Å². The van der Waals surface area contributed by atoms with E-state index in [-0.39, 0.29) is 37.5 Å². The van der Waals surface area contributed by atoms with Crippen molar-refractivity contribution in [1.29, 1.82) is 0 Å². The second-order valence-corrected chi connectivity index (χ2v) is 10.7. The molecule has 3 rings (SSSR count). The SMILES string of the molecule is CC(=O)c1ccc(NC(=O)CSc2ncc(S(=O)(=O)c3ccc(Cl)s3)c(N)n2)cc1. The Hall–Kier alpha value is -2.47. The molecule has 1 aromatic carbocycles. The average Bonchev–Trinajstić information content (AvgIpc) is 3.14. The van der Waals surface area contributed by atoms with E-state index < -0.39 is 9.84 Å². The van der Waals surface area contributed by atoms with Crippen LogP contribution in [0.4, 0.5) is 11.5 Å². The number of nitrogens with one attached hydrogen (secondary N) is 1. The van der Waals surface area contributed by atoms with E-state index in [9.17, 15) is 18.0 Å². The van der Waals surface area contributed by atoms with Crippen molar-refractivity contribution in [2.45, 2.75) is 21.2 Å². The number of sulfone groups is 1. The van der Waals surface area contributed by atoms with Crippen molar-refractivity contribution in [1.82, 2.24) is 9.97 Å². The molecule has 156 valence electrons. The number of aromatic nitrogens is 2. The van der Waals surface area contributed by atoms with Crippen molar-refractivity contribution in [3.63, 3.8) is 0 Å². The number of carbonyl (C=O) groups is 2. The number of Topliss-reactive ketones (excluding diaryl/α,β-unsaturated/α-hetero) is 1. The lowest BCUT2D eigenvalue weighted by molar-refractivity contribution is -0.113. The van der Waals surface area contributed by atoms with Crippen molar-refractivity contribution in [2.24, 2.45) is 0 Å². The van der Waals surface area contributed by atoms with E-state index in [4.69, 9.17) is 17.3 Å². The van der Waals surface area contributed by atoms with Gasteiger partial charge in [-0.3, -0.25) is 9.59 Å². The predicted octanol–water partition coefficient (Wildman–Crippen LogP) is 3.54. The fourth-order valence-electron chi connectivity index (χ4n) is 2.31. The number of hydrogen-bond donors (Lipinski definition) is 2. The molecule has 3 N–H and O–H groups in total. The minimum atomic E-state index is -3.88. The summed E-state index contributed by atoms with van der Waals surface area (Å²) in [5, 5.41) is 2.85. The van der Waals surface area contributed by atoms with Crippen LogP contribution in [0.1, 0.15) is 17.3 Å². The highest BCUT2D eigenvalue weighted by molar-refractivity contribution is 7.99. The molecule has 0 saturated heterocycles. The summed E-state index contributed by atoms with van der Waals surface area (Å²) in [7, 11) is -3.88. The maximum atomic E-state index is 12.6. The van der Waals surface area contributed by atoms with Gasteiger partial charge in [0.2, 0.25) is 15.7 Å². The number of nitrogens with two attached hydrogens (primary N) is 1. The van der Waals surface area contributed by atoms with E-state index in [2.05, 4.69) is 15.3 Å². The quantitative estimate of drug-likeness (QED) is 0.297. The molecule has 0 aliphatic carbocycles. The van der Waals surface area contributed by atoms with Gasteiger partial charge >= 0.3 is 0 Å². The molecule has 0 bridgehead atoms. The summed E-state index contributed by atoms with van der Waals surface area (Å²) in [6, 6.07) is 9.36. The monoisotopic (exact) mass is 482 g/mol. The van der Waals surface area contributed by atoms with Gasteiger partial charge in [0, 0.05) is 11.3 Å². The number of rotatable bonds is 7. The summed E-state index contributed by atoms with van der Waals surface area (Å²) < 4.78 is 25.6. The second-order valence-electron chi connectivity index (χ2n) is 5.93. The van der Waals surface area contributed by atoms with E-state index in [0.717, 1.165) is 29.3 Å². The Kier molecular flexibility index (Phi) is 6.76. The Morgan fingerprint density at radius 2 is 1.90 bits per heavy atom. The van der Waals surface area contributed by atoms with Gasteiger partial charge in [-0.05, 0) is 43.3 Å². The first kappa shape index (κ1) is 22.2. The van der Waals surface area contributed by atoms with Crippen LogP contribution < -0.4 is 11.1 Å². The summed E-state index contributed by atoms with van der Waals surface area (Å²) in [6.07, 6.45) is 1.12. The minimum Gasteiger partial charge on any atom is -0.382 e. The minimum absolute atomic E-state index is 0.0134. The Morgan fingerprint density at radius 1 is 1.20 bits per heavy atom. The molecule has 12 heteroatoms. The summed E-state index contributed by atoms with van der Waals surface area (Å²) in [4.78, 5) is 31.1. The van der Waals surface area contributed by atoms with Crippen molar-refractivity contribution < 1.29 is 18.0 Å².